The van der Waals surface area contributed by atoms with Gasteiger partial charge in [-0.2, -0.15) is 13.2 Å². The van der Waals surface area contributed by atoms with Crippen molar-refractivity contribution < 1.29 is 27.5 Å². The first-order chi connectivity index (χ1) is 12.6. The number of carbonyl (C=O) groups excluding carboxylic acids is 2. The fourth-order valence-corrected chi connectivity index (χ4v) is 2.40. The molecule has 0 aliphatic carbocycles. The Kier molecular flexibility index (Phi) is 6.09. The van der Waals surface area contributed by atoms with E-state index >= 15 is 0 Å². The van der Waals surface area contributed by atoms with Gasteiger partial charge < -0.3 is 20.7 Å². The lowest BCUT2D eigenvalue weighted by molar-refractivity contribution is -0.153. The van der Waals surface area contributed by atoms with Crippen LogP contribution in [0.4, 0.5) is 13.2 Å². The highest BCUT2D eigenvalue weighted by molar-refractivity contribution is 6.06. The summed E-state index contributed by atoms with van der Waals surface area (Å²) in [6, 6.07) is 4.57. The molecule has 0 fully saturated rings. The van der Waals surface area contributed by atoms with Gasteiger partial charge in [0, 0.05) is 25.9 Å². The Morgan fingerprint density at radius 2 is 2.07 bits per heavy atom. The smallest absolute Gasteiger partial charge is 0.422 e. The monoisotopic (exact) mass is 384 g/mol. The summed E-state index contributed by atoms with van der Waals surface area (Å²) in [5.74, 6) is -0.856. The highest BCUT2D eigenvalue weighted by atomic mass is 19.4. The molecule has 2 amide bonds. The van der Waals surface area contributed by atoms with Crippen molar-refractivity contribution >= 4 is 18.0 Å². The van der Waals surface area contributed by atoms with E-state index in [0.29, 0.717) is 11.1 Å². The van der Waals surface area contributed by atoms with Gasteiger partial charge in [-0.15, -0.1) is 0 Å². The Bertz CT molecular complexity index is 777. The lowest BCUT2D eigenvalue weighted by Gasteiger charge is -2.30. The van der Waals surface area contributed by atoms with Gasteiger partial charge in [-0.1, -0.05) is 12.1 Å². The van der Waals surface area contributed by atoms with Crippen molar-refractivity contribution in [1.29, 1.82) is 0 Å². The van der Waals surface area contributed by atoms with Crippen LogP contribution in [0.2, 0.25) is 0 Å². The molecule has 1 unspecified atom stereocenters. The van der Waals surface area contributed by atoms with Gasteiger partial charge in [-0.3, -0.25) is 14.6 Å². The molecule has 0 bridgehead atoms. The fraction of sp³-hybridized carbons (Fsp3) is 0.353. The summed E-state index contributed by atoms with van der Waals surface area (Å²) < 4.78 is 41.5. The largest absolute Gasteiger partial charge is 0.484 e. The number of nitrogens with one attached hydrogen (secondary N) is 3. The second-order valence-electron chi connectivity index (χ2n) is 5.91. The van der Waals surface area contributed by atoms with Crippen molar-refractivity contribution in [3.05, 3.63) is 41.7 Å². The van der Waals surface area contributed by atoms with E-state index in [4.69, 9.17) is 4.74 Å². The van der Waals surface area contributed by atoms with E-state index in [1.165, 1.54) is 31.6 Å². The van der Waals surface area contributed by atoms with E-state index in [9.17, 15) is 22.8 Å². The van der Waals surface area contributed by atoms with Crippen LogP contribution in [0, 0.1) is 6.92 Å². The number of nitrogens with zero attached hydrogens (tertiary/aromatic N) is 1. The van der Waals surface area contributed by atoms with E-state index in [0.717, 1.165) is 0 Å². The number of hydrogen-bond acceptors (Lipinski definition) is 5. The van der Waals surface area contributed by atoms with Gasteiger partial charge in [-0.05, 0) is 24.1 Å². The summed E-state index contributed by atoms with van der Waals surface area (Å²) in [7, 11) is 0. The molecule has 1 aromatic rings. The lowest BCUT2D eigenvalue weighted by Crippen LogP contribution is -2.67. The van der Waals surface area contributed by atoms with Crippen LogP contribution in [0.15, 0.2) is 35.6 Å². The highest BCUT2D eigenvalue weighted by Crippen LogP contribution is 2.22. The first kappa shape index (κ1) is 20.3. The van der Waals surface area contributed by atoms with Gasteiger partial charge in [0.2, 0.25) is 11.6 Å². The van der Waals surface area contributed by atoms with Crippen molar-refractivity contribution in [3.8, 4) is 5.75 Å². The molecule has 27 heavy (non-hydrogen) atoms. The Morgan fingerprint density at radius 1 is 1.33 bits per heavy atom. The minimum absolute atomic E-state index is 0.0970. The molecule has 0 radical (unpaired) electrons. The number of amides is 2. The molecule has 2 rings (SSSR count). The molecule has 0 spiro atoms. The number of ether oxygens (including phenoxy) is 1. The third-order valence-electron chi connectivity index (χ3n) is 3.55. The zero-order chi connectivity index (χ0) is 20.1. The molecular formula is C17H19F3N4O3. The number of halogens is 3. The summed E-state index contributed by atoms with van der Waals surface area (Å²) in [4.78, 5) is 27.8. The van der Waals surface area contributed by atoms with E-state index in [-0.39, 0.29) is 12.3 Å². The number of benzene rings is 1. The first-order valence-electron chi connectivity index (χ1n) is 7.94. The molecule has 3 N–H and O–H groups in total. The SMILES string of the molecule is CC(=O)NC1(C(=O)NCc2ccc(OCC(F)(F)F)c(C)c2)C=NC=CN1. The van der Waals surface area contributed by atoms with Gasteiger partial charge in [0.05, 0.1) is 6.21 Å². The van der Waals surface area contributed by atoms with Gasteiger partial charge in [0.1, 0.15) is 5.75 Å². The zero-order valence-electron chi connectivity index (χ0n) is 14.7. The molecule has 0 aromatic heterocycles. The average Bonchev–Trinajstić information content (AvgIpc) is 2.58. The summed E-state index contributed by atoms with van der Waals surface area (Å²) in [5.41, 5.74) is -0.352. The minimum Gasteiger partial charge on any atom is -0.484 e. The summed E-state index contributed by atoms with van der Waals surface area (Å²) in [5, 5.41) is 7.90. The molecule has 146 valence electrons. The van der Waals surface area contributed by atoms with Gasteiger partial charge in [0.25, 0.3) is 5.91 Å². The third kappa shape index (κ3) is 5.73. The van der Waals surface area contributed by atoms with Crippen molar-refractivity contribution in [3.63, 3.8) is 0 Å². The quantitative estimate of drug-likeness (QED) is 0.694. The predicted molar refractivity (Wildman–Crippen MR) is 91.9 cm³/mol. The van der Waals surface area contributed by atoms with Crippen molar-refractivity contribution in [1.82, 2.24) is 16.0 Å². The molecule has 10 heteroatoms. The maximum Gasteiger partial charge on any atom is 0.422 e. The summed E-state index contributed by atoms with van der Waals surface area (Å²) >= 11 is 0. The maximum atomic E-state index is 12.5. The lowest BCUT2D eigenvalue weighted by atomic mass is 10.1. The van der Waals surface area contributed by atoms with Gasteiger partial charge in [0.15, 0.2) is 6.61 Å². The van der Waals surface area contributed by atoms with Crippen LogP contribution < -0.4 is 20.7 Å². The second kappa shape index (κ2) is 8.11. The van der Waals surface area contributed by atoms with Gasteiger partial charge in [-0.25, -0.2) is 0 Å². The third-order valence-corrected chi connectivity index (χ3v) is 3.55. The Hall–Kier alpha value is -3.04. The second-order valence-corrected chi connectivity index (χ2v) is 5.91. The van der Waals surface area contributed by atoms with Crippen molar-refractivity contribution in [2.45, 2.75) is 32.2 Å². The highest BCUT2D eigenvalue weighted by Gasteiger charge is 2.37. The normalized spacial score (nSPS) is 18.6. The van der Waals surface area contributed by atoms with Crippen LogP contribution >= 0.6 is 0 Å². The molecule has 1 aromatic carbocycles. The Morgan fingerprint density at radius 3 is 2.63 bits per heavy atom. The zero-order valence-corrected chi connectivity index (χ0v) is 14.7. The van der Waals surface area contributed by atoms with Crippen LogP contribution in [-0.4, -0.2) is 36.5 Å². The average molecular weight is 384 g/mol. The van der Waals surface area contributed by atoms with E-state index in [2.05, 4.69) is 20.9 Å². The molecular weight excluding hydrogens is 365 g/mol. The van der Waals surface area contributed by atoms with Crippen LogP contribution in [-0.2, 0) is 16.1 Å². The molecule has 0 saturated heterocycles. The fourth-order valence-electron chi connectivity index (χ4n) is 2.40. The number of rotatable bonds is 6. The summed E-state index contributed by atoms with van der Waals surface area (Å²) in [6.07, 6.45) is -0.300. The van der Waals surface area contributed by atoms with Gasteiger partial charge >= 0.3 is 6.18 Å². The number of carbonyl (C=O) groups is 2. The van der Waals surface area contributed by atoms with Crippen molar-refractivity contribution in [2.75, 3.05) is 6.61 Å². The number of hydrogen-bond donors (Lipinski definition) is 3. The molecule has 7 nitrogen and oxygen atoms in total. The van der Waals surface area contributed by atoms with Crippen LogP contribution in [0.3, 0.4) is 0 Å². The van der Waals surface area contributed by atoms with E-state index in [1.54, 1.807) is 19.1 Å². The first-order valence-corrected chi connectivity index (χ1v) is 7.94. The molecule has 1 atom stereocenters. The van der Waals surface area contributed by atoms with Crippen LogP contribution in [0.25, 0.3) is 0 Å². The summed E-state index contributed by atoms with van der Waals surface area (Å²) in [6.45, 7) is 1.60. The van der Waals surface area contributed by atoms with Crippen LogP contribution in [0.1, 0.15) is 18.1 Å². The van der Waals surface area contributed by atoms with Crippen molar-refractivity contribution in [2.24, 2.45) is 4.99 Å². The molecule has 1 heterocycles. The van der Waals surface area contributed by atoms with E-state index in [1.807, 2.05) is 0 Å². The molecule has 0 saturated carbocycles. The number of alkyl halides is 3. The number of aliphatic imine (C=N–C) groups is 1. The minimum atomic E-state index is -4.42. The Balaban J connectivity index is 2.01. The van der Waals surface area contributed by atoms with E-state index < -0.39 is 30.3 Å². The Labute approximate surface area is 153 Å². The van der Waals surface area contributed by atoms with Crippen LogP contribution in [0.5, 0.6) is 5.75 Å². The molecule has 1 aliphatic heterocycles. The predicted octanol–water partition coefficient (Wildman–Crippen LogP) is 1.53. The standard InChI is InChI=1S/C17H19F3N4O3/c1-11-7-13(3-4-14(11)27-10-17(18,19)20)8-22-15(26)16(24-12(2)25)9-21-5-6-23-16/h3-7,9,23H,8,10H2,1-2H3,(H,22,26)(H,24,25). The number of aryl methyl sites for hydroxylation is 1. The topological polar surface area (TPSA) is 91.8 Å². The maximum absolute atomic E-state index is 12.5. The molecule has 1 aliphatic rings.